The van der Waals surface area contributed by atoms with Gasteiger partial charge in [-0.15, -0.1) is 0 Å². The molecule has 0 atom stereocenters. The fourth-order valence-corrected chi connectivity index (χ4v) is 1.90. The highest BCUT2D eigenvalue weighted by molar-refractivity contribution is 9.10. The van der Waals surface area contributed by atoms with Gasteiger partial charge in [-0.05, 0) is 24.3 Å². The van der Waals surface area contributed by atoms with Gasteiger partial charge < -0.3 is 10.5 Å². The highest BCUT2D eigenvalue weighted by Crippen LogP contribution is 2.16. The largest absolute Gasteiger partial charge is 0.485 e. The molecule has 2 aromatic rings. The number of anilines is 1. The van der Waals surface area contributed by atoms with Crippen molar-refractivity contribution in [1.82, 2.24) is 0 Å². The SMILES string of the molecule is Nc1cccc(OCC(=O)c2cccc(Br)c2)c1. The number of ether oxygens (including phenoxy) is 1. The molecule has 0 amide bonds. The van der Waals surface area contributed by atoms with Crippen molar-refractivity contribution >= 4 is 27.4 Å². The number of halogens is 1. The normalized spacial score (nSPS) is 10.1. The topological polar surface area (TPSA) is 52.3 Å². The second kappa shape index (κ2) is 5.69. The Morgan fingerprint density at radius 1 is 1.17 bits per heavy atom. The first-order chi connectivity index (χ1) is 8.65. The Hall–Kier alpha value is -1.81. The summed E-state index contributed by atoms with van der Waals surface area (Å²) < 4.78 is 6.27. The smallest absolute Gasteiger partial charge is 0.200 e. The summed E-state index contributed by atoms with van der Waals surface area (Å²) in [5.41, 5.74) is 6.86. The predicted molar refractivity (Wildman–Crippen MR) is 74.8 cm³/mol. The first-order valence-corrected chi connectivity index (χ1v) is 6.21. The number of hydrogen-bond acceptors (Lipinski definition) is 3. The van der Waals surface area contributed by atoms with E-state index in [1.54, 1.807) is 36.4 Å². The van der Waals surface area contributed by atoms with E-state index >= 15 is 0 Å². The second-order valence-corrected chi connectivity index (χ2v) is 4.71. The van der Waals surface area contributed by atoms with Gasteiger partial charge in [-0.3, -0.25) is 4.79 Å². The van der Waals surface area contributed by atoms with Crippen LogP contribution in [0.4, 0.5) is 5.69 Å². The highest BCUT2D eigenvalue weighted by Gasteiger charge is 2.07. The van der Waals surface area contributed by atoms with Gasteiger partial charge in [0.25, 0.3) is 0 Å². The average molecular weight is 306 g/mol. The standard InChI is InChI=1S/C14H12BrNO2/c15-11-4-1-3-10(7-11)14(17)9-18-13-6-2-5-12(16)8-13/h1-8H,9,16H2. The summed E-state index contributed by atoms with van der Waals surface area (Å²) in [5.74, 6) is 0.525. The summed E-state index contributed by atoms with van der Waals surface area (Å²) in [6, 6.07) is 14.2. The predicted octanol–water partition coefficient (Wildman–Crippen LogP) is 3.29. The van der Waals surface area contributed by atoms with Gasteiger partial charge in [0.1, 0.15) is 5.75 Å². The van der Waals surface area contributed by atoms with Crippen molar-refractivity contribution in [2.45, 2.75) is 0 Å². The maximum absolute atomic E-state index is 11.9. The molecule has 18 heavy (non-hydrogen) atoms. The molecule has 0 unspecified atom stereocenters. The van der Waals surface area contributed by atoms with E-state index in [0.717, 1.165) is 4.47 Å². The van der Waals surface area contributed by atoms with Crippen LogP contribution in [-0.4, -0.2) is 12.4 Å². The number of Topliss-reactive ketones (excluding diaryl/α,β-unsaturated/α-hetero) is 1. The van der Waals surface area contributed by atoms with E-state index in [4.69, 9.17) is 10.5 Å². The van der Waals surface area contributed by atoms with Gasteiger partial charge in [-0.1, -0.05) is 34.1 Å². The van der Waals surface area contributed by atoms with Gasteiger partial charge in [-0.2, -0.15) is 0 Å². The lowest BCUT2D eigenvalue weighted by Crippen LogP contribution is -2.11. The maximum atomic E-state index is 11.9. The lowest BCUT2D eigenvalue weighted by atomic mass is 10.1. The molecule has 0 aliphatic rings. The Morgan fingerprint density at radius 2 is 1.94 bits per heavy atom. The van der Waals surface area contributed by atoms with Crippen LogP contribution in [0.1, 0.15) is 10.4 Å². The summed E-state index contributed by atoms with van der Waals surface area (Å²) in [6.45, 7) is -0.0000926. The van der Waals surface area contributed by atoms with E-state index in [-0.39, 0.29) is 12.4 Å². The van der Waals surface area contributed by atoms with Gasteiger partial charge in [0.05, 0.1) is 0 Å². The monoisotopic (exact) mass is 305 g/mol. The van der Waals surface area contributed by atoms with Crippen molar-refractivity contribution in [3.8, 4) is 5.75 Å². The zero-order valence-corrected chi connectivity index (χ0v) is 11.2. The molecule has 0 aromatic heterocycles. The zero-order valence-electron chi connectivity index (χ0n) is 9.60. The number of nitrogens with two attached hydrogens (primary N) is 1. The minimum atomic E-state index is -0.0706. The molecule has 0 aliphatic carbocycles. The zero-order chi connectivity index (χ0) is 13.0. The van der Waals surface area contributed by atoms with Gasteiger partial charge >= 0.3 is 0 Å². The number of hydrogen-bond donors (Lipinski definition) is 1. The molecule has 0 saturated carbocycles. The van der Waals surface area contributed by atoms with Gasteiger partial charge in [0.2, 0.25) is 0 Å². The average Bonchev–Trinajstić information content (AvgIpc) is 2.36. The highest BCUT2D eigenvalue weighted by atomic mass is 79.9. The maximum Gasteiger partial charge on any atom is 0.200 e. The Kier molecular flexibility index (Phi) is 3.99. The molecule has 0 saturated heterocycles. The van der Waals surface area contributed by atoms with Crippen LogP contribution in [0.25, 0.3) is 0 Å². The van der Waals surface area contributed by atoms with E-state index < -0.39 is 0 Å². The van der Waals surface area contributed by atoms with E-state index in [2.05, 4.69) is 15.9 Å². The molecular weight excluding hydrogens is 294 g/mol. The molecule has 2 rings (SSSR count). The summed E-state index contributed by atoms with van der Waals surface area (Å²) in [7, 11) is 0. The molecular formula is C14H12BrNO2. The summed E-state index contributed by atoms with van der Waals surface area (Å²) in [4.78, 5) is 11.9. The Morgan fingerprint density at radius 3 is 2.67 bits per heavy atom. The Bertz CT molecular complexity index is 569. The van der Waals surface area contributed by atoms with Crippen molar-refractivity contribution < 1.29 is 9.53 Å². The summed E-state index contributed by atoms with van der Waals surface area (Å²) >= 11 is 3.33. The van der Waals surface area contributed by atoms with Crippen LogP contribution >= 0.6 is 15.9 Å². The summed E-state index contributed by atoms with van der Waals surface area (Å²) in [5, 5.41) is 0. The van der Waals surface area contributed by atoms with Gasteiger partial charge in [-0.25, -0.2) is 0 Å². The fourth-order valence-electron chi connectivity index (χ4n) is 1.50. The molecule has 0 spiro atoms. The third kappa shape index (κ3) is 3.34. The van der Waals surface area contributed by atoms with Crippen LogP contribution in [0.3, 0.4) is 0 Å². The van der Waals surface area contributed by atoms with Crippen LogP contribution in [0.15, 0.2) is 53.0 Å². The van der Waals surface area contributed by atoms with Crippen molar-refractivity contribution in [3.63, 3.8) is 0 Å². The molecule has 2 aromatic carbocycles. The summed E-state index contributed by atoms with van der Waals surface area (Å²) in [6.07, 6.45) is 0. The quantitative estimate of drug-likeness (QED) is 0.696. The number of rotatable bonds is 4. The number of carbonyl (C=O) groups excluding carboxylic acids is 1. The van der Waals surface area contributed by atoms with Crippen molar-refractivity contribution in [2.75, 3.05) is 12.3 Å². The van der Waals surface area contributed by atoms with Crippen molar-refractivity contribution in [3.05, 3.63) is 58.6 Å². The molecule has 0 bridgehead atoms. The van der Waals surface area contributed by atoms with Crippen molar-refractivity contribution in [2.24, 2.45) is 0 Å². The van der Waals surface area contributed by atoms with Crippen LogP contribution < -0.4 is 10.5 Å². The molecule has 92 valence electrons. The lowest BCUT2D eigenvalue weighted by molar-refractivity contribution is 0.0921. The van der Waals surface area contributed by atoms with Crippen LogP contribution in [0.5, 0.6) is 5.75 Å². The second-order valence-electron chi connectivity index (χ2n) is 3.79. The fraction of sp³-hybridized carbons (Fsp3) is 0.0714. The van der Waals surface area contributed by atoms with Gasteiger partial charge in [0, 0.05) is 21.8 Å². The van der Waals surface area contributed by atoms with Crippen LogP contribution in [0, 0.1) is 0 Å². The number of benzene rings is 2. The molecule has 0 aliphatic heterocycles. The first-order valence-electron chi connectivity index (χ1n) is 5.42. The van der Waals surface area contributed by atoms with Crippen LogP contribution in [-0.2, 0) is 0 Å². The Balaban J connectivity index is 2.00. The minimum Gasteiger partial charge on any atom is -0.485 e. The van der Waals surface area contributed by atoms with E-state index in [0.29, 0.717) is 17.0 Å². The molecule has 4 heteroatoms. The minimum absolute atomic E-state index is 0.0000926. The van der Waals surface area contributed by atoms with E-state index in [9.17, 15) is 4.79 Å². The third-order valence-corrected chi connectivity index (χ3v) is 2.87. The Labute approximate surface area is 114 Å². The lowest BCUT2D eigenvalue weighted by Gasteiger charge is -2.06. The van der Waals surface area contributed by atoms with Gasteiger partial charge in [0.15, 0.2) is 12.4 Å². The van der Waals surface area contributed by atoms with Crippen LogP contribution in [0.2, 0.25) is 0 Å². The van der Waals surface area contributed by atoms with Crippen molar-refractivity contribution in [1.29, 1.82) is 0 Å². The molecule has 0 radical (unpaired) electrons. The van der Waals surface area contributed by atoms with E-state index in [1.807, 2.05) is 12.1 Å². The number of nitrogen functional groups attached to an aromatic ring is 1. The number of carbonyl (C=O) groups is 1. The molecule has 3 nitrogen and oxygen atoms in total. The third-order valence-electron chi connectivity index (χ3n) is 2.37. The molecule has 2 N–H and O–H groups in total. The first kappa shape index (κ1) is 12.6. The number of ketones is 1. The van der Waals surface area contributed by atoms with E-state index in [1.165, 1.54) is 0 Å². The molecule has 0 heterocycles. The molecule has 0 fully saturated rings.